The topological polar surface area (TPSA) is 130 Å². The fraction of sp³-hybridized carbons (Fsp3) is 0.294. The van der Waals surface area contributed by atoms with Gasteiger partial charge in [-0.05, 0) is 18.2 Å². The Balaban J connectivity index is 1.80. The number of pyridine rings is 1. The smallest absolute Gasteiger partial charge is 0.273 e. The van der Waals surface area contributed by atoms with Crippen molar-refractivity contribution in [2.24, 2.45) is 0 Å². The summed E-state index contributed by atoms with van der Waals surface area (Å²) in [6, 6.07) is 8.74. The normalized spacial score (nSPS) is 15.1. The molecule has 28 heavy (non-hydrogen) atoms. The maximum Gasteiger partial charge on any atom is 0.273 e. The zero-order valence-corrected chi connectivity index (χ0v) is 15.8. The molecular weight excluding hydrogens is 386 g/mol. The molecule has 1 aromatic heterocycles. The Kier molecular flexibility index (Phi) is 5.43. The third-order valence-electron chi connectivity index (χ3n) is 4.41. The van der Waals surface area contributed by atoms with Crippen LogP contribution in [0, 0.1) is 21.4 Å². The third-order valence-corrected chi connectivity index (χ3v) is 6.35. The Morgan fingerprint density at radius 3 is 2.54 bits per heavy atom. The molecule has 0 atom stereocenters. The number of rotatable bonds is 5. The van der Waals surface area contributed by atoms with Crippen molar-refractivity contribution in [1.82, 2.24) is 9.29 Å². The van der Waals surface area contributed by atoms with E-state index in [0.29, 0.717) is 24.5 Å². The number of methoxy groups -OCH3 is 1. The van der Waals surface area contributed by atoms with Gasteiger partial charge in [0.2, 0.25) is 10.0 Å². The zero-order chi connectivity index (χ0) is 20.3. The first kappa shape index (κ1) is 19.5. The highest BCUT2D eigenvalue weighted by molar-refractivity contribution is 7.89. The van der Waals surface area contributed by atoms with Gasteiger partial charge >= 0.3 is 0 Å². The summed E-state index contributed by atoms with van der Waals surface area (Å²) < 4.78 is 32.4. The van der Waals surface area contributed by atoms with E-state index in [1.807, 2.05) is 4.90 Å². The van der Waals surface area contributed by atoms with Gasteiger partial charge in [0.1, 0.15) is 16.5 Å². The first-order valence-electron chi connectivity index (χ1n) is 8.30. The standard InChI is InChI=1S/C17H17N5O5S/c1-27-15-11-14(22(23)24)2-3-16(15)28(25,26)21-8-6-20(7-9-21)17-10-13(12-18)4-5-19-17/h2-5,10-11H,6-9H2,1H3. The van der Waals surface area contributed by atoms with Gasteiger partial charge < -0.3 is 9.64 Å². The SMILES string of the molecule is COc1cc([N+](=O)[O-])ccc1S(=O)(=O)N1CCN(c2cc(C#N)ccn2)CC1. The number of nitriles is 1. The predicted octanol–water partition coefficient (Wildman–Crippen LogP) is 1.38. The second-order valence-electron chi connectivity index (χ2n) is 6.00. The minimum Gasteiger partial charge on any atom is -0.495 e. The van der Waals surface area contributed by atoms with Crippen molar-refractivity contribution in [2.75, 3.05) is 38.2 Å². The Labute approximate surface area is 161 Å². The summed E-state index contributed by atoms with van der Waals surface area (Å²) >= 11 is 0. The molecule has 0 saturated carbocycles. The number of hydrogen-bond donors (Lipinski definition) is 0. The van der Waals surface area contributed by atoms with Crippen molar-refractivity contribution < 1.29 is 18.1 Å². The molecule has 1 fully saturated rings. The molecule has 0 amide bonds. The number of anilines is 1. The summed E-state index contributed by atoms with van der Waals surface area (Å²) in [5.41, 5.74) is 0.236. The Hall–Kier alpha value is -3.23. The molecule has 3 rings (SSSR count). The van der Waals surface area contributed by atoms with Crippen molar-refractivity contribution in [1.29, 1.82) is 5.26 Å². The predicted molar refractivity (Wildman–Crippen MR) is 99.6 cm³/mol. The largest absolute Gasteiger partial charge is 0.495 e. The molecule has 1 saturated heterocycles. The van der Waals surface area contributed by atoms with Crippen LogP contribution in [0.2, 0.25) is 0 Å². The Bertz CT molecular complexity index is 1040. The number of benzene rings is 1. The molecule has 1 aromatic carbocycles. The molecule has 1 aliphatic rings. The summed E-state index contributed by atoms with van der Waals surface area (Å²) in [5, 5.41) is 19.9. The summed E-state index contributed by atoms with van der Waals surface area (Å²) in [5.74, 6) is 0.545. The van der Waals surface area contributed by atoms with Gasteiger partial charge in [0.25, 0.3) is 5.69 Å². The summed E-state index contributed by atoms with van der Waals surface area (Å²) in [7, 11) is -2.61. The lowest BCUT2D eigenvalue weighted by Crippen LogP contribution is -2.49. The number of piperazine rings is 1. The van der Waals surface area contributed by atoms with Crippen LogP contribution in [0.15, 0.2) is 41.4 Å². The average molecular weight is 403 g/mol. The van der Waals surface area contributed by atoms with Crippen molar-refractivity contribution in [2.45, 2.75) is 4.90 Å². The molecule has 0 spiro atoms. The molecule has 11 heteroatoms. The third kappa shape index (κ3) is 3.73. The second-order valence-corrected chi connectivity index (χ2v) is 7.90. The quantitative estimate of drug-likeness (QED) is 0.541. The first-order valence-corrected chi connectivity index (χ1v) is 9.74. The number of nitro groups is 1. The summed E-state index contributed by atoms with van der Waals surface area (Å²) in [4.78, 5) is 16.3. The van der Waals surface area contributed by atoms with Crippen LogP contribution < -0.4 is 9.64 Å². The number of hydrogen-bond acceptors (Lipinski definition) is 8. The lowest BCUT2D eigenvalue weighted by Gasteiger charge is -2.34. The van der Waals surface area contributed by atoms with Crippen molar-refractivity contribution in [3.8, 4) is 11.8 Å². The molecule has 2 aromatic rings. The molecule has 0 unspecified atom stereocenters. The van der Waals surface area contributed by atoms with Crippen LogP contribution in [-0.2, 0) is 10.0 Å². The van der Waals surface area contributed by atoms with E-state index in [1.54, 1.807) is 18.3 Å². The van der Waals surface area contributed by atoms with Crippen LogP contribution >= 0.6 is 0 Å². The Morgan fingerprint density at radius 2 is 1.93 bits per heavy atom. The maximum absolute atomic E-state index is 13.0. The van der Waals surface area contributed by atoms with Crippen molar-refractivity contribution >= 4 is 21.5 Å². The monoisotopic (exact) mass is 403 g/mol. The van der Waals surface area contributed by atoms with Crippen LogP contribution in [0.4, 0.5) is 11.5 Å². The van der Waals surface area contributed by atoms with Crippen LogP contribution in [0.1, 0.15) is 5.56 Å². The minimum atomic E-state index is -3.88. The van der Waals surface area contributed by atoms with Crippen molar-refractivity contribution in [3.63, 3.8) is 0 Å². The summed E-state index contributed by atoms with van der Waals surface area (Å²) in [6.45, 7) is 1.22. The molecule has 146 valence electrons. The van der Waals surface area contributed by atoms with Gasteiger partial charge in [-0.3, -0.25) is 10.1 Å². The number of nitro benzene ring substituents is 1. The second kappa shape index (κ2) is 7.79. The molecular formula is C17H17N5O5S. The van der Waals surface area contributed by atoms with E-state index in [1.165, 1.54) is 17.5 Å². The summed E-state index contributed by atoms with van der Waals surface area (Å²) in [6.07, 6.45) is 1.54. The fourth-order valence-electron chi connectivity index (χ4n) is 2.94. The lowest BCUT2D eigenvalue weighted by atomic mass is 10.2. The van der Waals surface area contributed by atoms with Crippen molar-refractivity contribution in [3.05, 3.63) is 52.2 Å². The molecule has 1 aliphatic heterocycles. The molecule has 0 aliphatic carbocycles. The highest BCUT2D eigenvalue weighted by atomic mass is 32.2. The van der Waals surface area contributed by atoms with Gasteiger partial charge in [-0.15, -0.1) is 0 Å². The van der Waals surface area contributed by atoms with Crippen LogP contribution in [0.3, 0.4) is 0 Å². The zero-order valence-electron chi connectivity index (χ0n) is 15.0. The van der Waals surface area contributed by atoms with E-state index >= 15 is 0 Å². The van der Waals surface area contributed by atoms with Gasteiger partial charge in [-0.25, -0.2) is 13.4 Å². The van der Waals surface area contributed by atoms with E-state index in [9.17, 15) is 18.5 Å². The minimum absolute atomic E-state index is 0.0694. The van der Waals surface area contributed by atoms with Gasteiger partial charge in [0.05, 0.1) is 29.7 Å². The van der Waals surface area contributed by atoms with Gasteiger partial charge in [-0.2, -0.15) is 9.57 Å². The first-order chi connectivity index (χ1) is 13.4. The van der Waals surface area contributed by atoms with Crippen LogP contribution in [0.5, 0.6) is 5.75 Å². The highest BCUT2D eigenvalue weighted by Crippen LogP contribution is 2.31. The van der Waals surface area contributed by atoms with Crippen LogP contribution in [-0.4, -0.2) is 55.9 Å². The highest BCUT2D eigenvalue weighted by Gasteiger charge is 2.32. The number of ether oxygens (including phenoxy) is 1. The lowest BCUT2D eigenvalue weighted by molar-refractivity contribution is -0.385. The average Bonchev–Trinajstić information content (AvgIpc) is 2.73. The van der Waals surface area contributed by atoms with E-state index in [-0.39, 0.29) is 29.4 Å². The van der Waals surface area contributed by atoms with E-state index in [4.69, 9.17) is 10.00 Å². The number of sulfonamides is 1. The molecule has 10 nitrogen and oxygen atoms in total. The molecule has 0 N–H and O–H groups in total. The van der Waals surface area contributed by atoms with E-state index in [2.05, 4.69) is 11.1 Å². The molecule has 2 heterocycles. The number of non-ortho nitro benzene ring substituents is 1. The Morgan fingerprint density at radius 1 is 1.21 bits per heavy atom. The number of aromatic nitrogens is 1. The molecule has 0 radical (unpaired) electrons. The fourth-order valence-corrected chi connectivity index (χ4v) is 4.50. The van der Waals surface area contributed by atoms with Gasteiger partial charge in [-0.1, -0.05) is 0 Å². The van der Waals surface area contributed by atoms with Gasteiger partial charge in [0.15, 0.2) is 0 Å². The van der Waals surface area contributed by atoms with E-state index < -0.39 is 14.9 Å². The van der Waals surface area contributed by atoms with Crippen LogP contribution in [0.25, 0.3) is 0 Å². The number of nitrogens with zero attached hydrogens (tertiary/aromatic N) is 5. The van der Waals surface area contributed by atoms with E-state index in [0.717, 1.165) is 12.1 Å². The maximum atomic E-state index is 13.0. The van der Waals surface area contributed by atoms with Gasteiger partial charge in [0, 0.05) is 38.4 Å². The molecule has 0 bridgehead atoms.